The zero-order chi connectivity index (χ0) is 17.9. The van der Waals surface area contributed by atoms with E-state index in [1.807, 2.05) is 30.3 Å². The summed E-state index contributed by atoms with van der Waals surface area (Å²) < 4.78 is 10.4. The molecule has 2 unspecified atom stereocenters. The van der Waals surface area contributed by atoms with Crippen molar-refractivity contribution in [2.24, 2.45) is 11.7 Å². The topological polar surface area (TPSA) is 98.9 Å². The Hall–Kier alpha value is -2.41. The van der Waals surface area contributed by atoms with Crippen LogP contribution in [0.4, 0.5) is 4.79 Å². The second-order valence-corrected chi connectivity index (χ2v) is 6.65. The van der Waals surface area contributed by atoms with Gasteiger partial charge in [-0.25, -0.2) is 9.69 Å². The van der Waals surface area contributed by atoms with Gasteiger partial charge in [0, 0.05) is 6.54 Å². The van der Waals surface area contributed by atoms with Crippen LogP contribution in [0.25, 0.3) is 0 Å². The van der Waals surface area contributed by atoms with Gasteiger partial charge in [-0.1, -0.05) is 30.3 Å². The third-order valence-corrected chi connectivity index (χ3v) is 3.50. The van der Waals surface area contributed by atoms with E-state index in [2.05, 4.69) is 0 Å². The Morgan fingerprint density at radius 3 is 2.46 bits per heavy atom. The number of nitrogens with zero attached hydrogens (tertiary/aromatic N) is 1. The lowest BCUT2D eigenvalue weighted by molar-refractivity contribution is -0.150. The molecule has 0 radical (unpaired) electrons. The van der Waals surface area contributed by atoms with Gasteiger partial charge in [0.15, 0.2) is 0 Å². The van der Waals surface area contributed by atoms with Gasteiger partial charge in [0.25, 0.3) is 0 Å². The summed E-state index contributed by atoms with van der Waals surface area (Å²) in [6.45, 7) is 5.02. The highest BCUT2D eigenvalue weighted by Gasteiger charge is 2.46. The molecule has 0 spiro atoms. The number of nitrogens with two attached hydrogens (primary N) is 1. The molecule has 1 aromatic carbocycles. The summed E-state index contributed by atoms with van der Waals surface area (Å²) >= 11 is 0. The van der Waals surface area contributed by atoms with Crippen molar-refractivity contribution in [1.82, 2.24) is 4.90 Å². The molecule has 24 heavy (non-hydrogen) atoms. The summed E-state index contributed by atoms with van der Waals surface area (Å²) in [5, 5.41) is 0. The van der Waals surface area contributed by atoms with Crippen LogP contribution in [0.2, 0.25) is 0 Å². The smallest absolute Gasteiger partial charge is 0.417 e. The van der Waals surface area contributed by atoms with Gasteiger partial charge in [0.05, 0.1) is 5.92 Å². The number of hydrogen-bond acceptors (Lipinski definition) is 6. The fraction of sp³-hybridized carbons (Fsp3) is 0.471. The Balaban J connectivity index is 1.97. The van der Waals surface area contributed by atoms with Crippen LogP contribution in [0, 0.1) is 5.92 Å². The van der Waals surface area contributed by atoms with E-state index in [4.69, 9.17) is 15.2 Å². The predicted molar refractivity (Wildman–Crippen MR) is 85.7 cm³/mol. The number of carbonyl (C=O) groups excluding carboxylic acids is 3. The maximum atomic E-state index is 12.2. The van der Waals surface area contributed by atoms with Crippen LogP contribution in [0.5, 0.6) is 0 Å². The molecular formula is C17H22N2O5. The first-order valence-corrected chi connectivity index (χ1v) is 7.69. The number of ether oxygens (including phenoxy) is 2. The number of rotatable bonds is 3. The Morgan fingerprint density at radius 1 is 1.25 bits per heavy atom. The van der Waals surface area contributed by atoms with Crippen molar-refractivity contribution in [1.29, 1.82) is 0 Å². The molecule has 0 aliphatic carbocycles. The van der Waals surface area contributed by atoms with E-state index in [0.29, 0.717) is 0 Å². The van der Waals surface area contributed by atoms with E-state index >= 15 is 0 Å². The second-order valence-electron chi connectivity index (χ2n) is 6.65. The summed E-state index contributed by atoms with van der Waals surface area (Å²) in [6, 6.07) is 8.05. The van der Waals surface area contributed by atoms with E-state index < -0.39 is 35.5 Å². The Kier molecular flexibility index (Phi) is 5.23. The lowest BCUT2D eigenvalue weighted by atomic mass is 10.1. The maximum Gasteiger partial charge on any atom is 0.417 e. The lowest BCUT2D eigenvalue weighted by Gasteiger charge is -2.23. The molecule has 1 aromatic rings. The first kappa shape index (κ1) is 17.9. The van der Waals surface area contributed by atoms with Crippen molar-refractivity contribution in [2.45, 2.75) is 39.0 Å². The molecule has 1 heterocycles. The maximum absolute atomic E-state index is 12.2. The van der Waals surface area contributed by atoms with Crippen molar-refractivity contribution in [3.05, 3.63) is 35.9 Å². The molecule has 2 rings (SSSR count). The summed E-state index contributed by atoms with van der Waals surface area (Å²) in [6.07, 6.45) is -0.804. The molecule has 7 heteroatoms. The van der Waals surface area contributed by atoms with Crippen molar-refractivity contribution in [2.75, 3.05) is 6.54 Å². The molecule has 0 saturated carbocycles. The van der Waals surface area contributed by atoms with Gasteiger partial charge < -0.3 is 15.2 Å². The molecule has 2 atom stereocenters. The Bertz CT molecular complexity index is 624. The van der Waals surface area contributed by atoms with Gasteiger partial charge in [-0.05, 0) is 26.3 Å². The number of imide groups is 1. The van der Waals surface area contributed by atoms with Crippen LogP contribution in [-0.2, 0) is 25.7 Å². The van der Waals surface area contributed by atoms with E-state index in [9.17, 15) is 14.4 Å². The molecule has 2 amide bonds. The Morgan fingerprint density at radius 2 is 1.88 bits per heavy atom. The van der Waals surface area contributed by atoms with Gasteiger partial charge in [-0.2, -0.15) is 0 Å². The highest BCUT2D eigenvalue weighted by molar-refractivity contribution is 6.00. The van der Waals surface area contributed by atoms with Crippen LogP contribution in [0.1, 0.15) is 26.3 Å². The van der Waals surface area contributed by atoms with Crippen LogP contribution < -0.4 is 5.73 Å². The molecular weight excluding hydrogens is 312 g/mol. The van der Waals surface area contributed by atoms with Gasteiger partial charge >= 0.3 is 12.1 Å². The number of likely N-dealkylation sites (tertiary alicyclic amines) is 1. The molecule has 1 aliphatic rings. The molecule has 1 saturated heterocycles. The standard InChI is InChI=1S/C17H22N2O5/c1-17(2,3)24-16(22)19-9-12(13(18)14(19)20)15(21)23-10-11-7-5-4-6-8-11/h4-8,12-13H,9-10,18H2,1-3H3. The zero-order valence-electron chi connectivity index (χ0n) is 14.0. The van der Waals surface area contributed by atoms with Crippen LogP contribution in [-0.4, -0.2) is 41.1 Å². The van der Waals surface area contributed by atoms with Crippen molar-refractivity contribution in [3.8, 4) is 0 Å². The number of esters is 1. The summed E-state index contributed by atoms with van der Waals surface area (Å²) in [4.78, 5) is 37.2. The van der Waals surface area contributed by atoms with Gasteiger partial charge in [0.2, 0.25) is 5.91 Å². The fourth-order valence-corrected chi connectivity index (χ4v) is 2.29. The summed E-state index contributed by atoms with van der Waals surface area (Å²) in [5.74, 6) is -2.13. The van der Waals surface area contributed by atoms with E-state index in [1.165, 1.54) is 0 Å². The average Bonchev–Trinajstić information content (AvgIpc) is 2.80. The third-order valence-electron chi connectivity index (χ3n) is 3.50. The second kappa shape index (κ2) is 7.00. The summed E-state index contributed by atoms with van der Waals surface area (Å²) in [5.41, 5.74) is 5.87. The zero-order valence-corrected chi connectivity index (χ0v) is 14.0. The average molecular weight is 334 g/mol. The molecule has 1 fully saturated rings. The van der Waals surface area contributed by atoms with E-state index in [0.717, 1.165) is 10.5 Å². The number of amides is 2. The highest BCUT2D eigenvalue weighted by Crippen LogP contribution is 2.22. The van der Waals surface area contributed by atoms with Crippen molar-refractivity contribution in [3.63, 3.8) is 0 Å². The molecule has 0 aromatic heterocycles. The first-order valence-electron chi connectivity index (χ1n) is 7.69. The minimum Gasteiger partial charge on any atom is -0.460 e. The van der Waals surface area contributed by atoms with Crippen LogP contribution >= 0.6 is 0 Å². The molecule has 7 nitrogen and oxygen atoms in total. The highest BCUT2D eigenvalue weighted by atomic mass is 16.6. The quantitative estimate of drug-likeness (QED) is 0.840. The SMILES string of the molecule is CC(C)(C)OC(=O)N1CC(C(=O)OCc2ccccc2)C(N)C1=O. The minimum absolute atomic E-state index is 0.0868. The lowest BCUT2D eigenvalue weighted by Crippen LogP contribution is -2.41. The fourth-order valence-electron chi connectivity index (χ4n) is 2.29. The van der Waals surface area contributed by atoms with Gasteiger partial charge in [-0.15, -0.1) is 0 Å². The predicted octanol–water partition coefficient (Wildman–Crippen LogP) is 1.45. The largest absolute Gasteiger partial charge is 0.460 e. The van der Waals surface area contributed by atoms with Gasteiger partial charge in [-0.3, -0.25) is 9.59 Å². The summed E-state index contributed by atoms with van der Waals surface area (Å²) in [7, 11) is 0. The van der Waals surface area contributed by atoms with E-state index in [-0.39, 0.29) is 13.2 Å². The van der Waals surface area contributed by atoms with Gasteiger partial charge in [0.1, 0.15) is 18.2 Å². The van der Waals surface area contributed by atoms with Crippen LogP contribution in [0.3, 0.4) is 0 Å². The van der Waals surface area contributed by atoms with Crippen molar-refractivity contribution >= 4 is 18.0 Å². The normalized spacial score (nSPS) is 20.8. The minimum atomic E-state index is -1.11. The molecule has 0 bridgehead atoms. The first-order chi connectivity index (χ1) is 11.2. The molecule has 1 aliphatic heterocycles. The van der Waals surface area contributed by atoms with Crippen molar-refractivity contribution < 1.29 is 23.9 Å². The number of hydrogen-bond donors (Lipinski definition) is 1. The molecule has 130 valence electrons. The number of benzene rings is 1. The van der Waals surface area contributed by atoms with Crippen LogP contribution in [0.15, 0.2) is 30.3 Å². The third kappa shape index (κ3) is 4.32. The van der Waals surface area contributed by atoms with E-state index in [1.54, 1.807) is 20.8 Å². The Labute approximate surface area is 140 Å². The monoisotopic (exact) mass is 334 g/mol. The number of carbonyl (C=O) groups is 3. The molecule has 2 N–H and O–H groups in total.